The van der Waals surface area contributed by atoms with Crippen LogP contribution in [0.1, 0.15) is 69.1 Å². The molecule has 0 saturated heterocycles. The highest BCUT2D eigenvalue weighted by molar-refractivity contribution is 6.00. The lowest BCUT2D eigenvalue weighted by molar-refractivity contribution is -0.122. The molecule has 0 bridgehead atoms. The zero-order chi connectivity index (χ0) is 20.9. The molecule has 0 radical (unpaired) electrons. The second-order valence-corrected chi connectivity index (χ2v) is 8.12. The summed E-state index contributed by atoms with van der Waals surface area (Å²) in [5, 5.41) is 12.7. The molecular formula is C25H30N2O2. The van der Waals surface area contributed by atoms with E-state index in [1.165, 1.54) is 0 Å². The Labute approximate surface area is 173 Å². The van der Waals surface area contributed by atoms with Crippen molar-refractivity contribution in [3.05, 3.63) is 59.2 Å². The molecule has 1 saturated carbocycles. The lowest BCUT2D eigenvalue weighted by Crippen LogP contribution is -2.42. The van der Waals surface area contributed by atoms with Crippen LogP contribution in [0.4, 0.5) is 5.69 Å². The summed E-state index contributed by atoms with van der Waals surface area (Å²) in [5.41, 5.74) is 2.67. The average Bonchev–Trinajstić information content (AvgIpc) is 2.75. The van der Waals surface area contributed by atoms with Crippen molar-refractivity contribution < 1.29 is 9.53 Å². The Balaban J connectivity index is 1.89. The highest BCUT2D eigenvalue weighted by Gasteiger charge is 2.41. The molecule has 1 aliphatic rings. The Morgan fingerprint density at radius 2 is 1.97 bits per heavy atom. The lowest BCUT2D eigenvalue weighted by atomic mass is 9.68. The predicted molar refractivity (Wildman–Crippen MR) is 116 cm³/mol. The number of carbonyl (C=O) groups excluding carboxylic acids is 1. The van der Waals surface area contributed by atoms with Crippen LogP contribution in [0.2, 0.25) is 0 Å². The van der Waals surface area contributed by atoms with Gasteiger partial charge in [-0.15, -0.1) is 0 Å². The number of nitrogens with zero attached hydrogens (tertiary/aromatic N) is 1. The van der Waals surface area contributed by atoms with E-state index in [1.54, 1.807) is 12.1 Å². The summed E-state index contributed by atoms with van der Waals surface area (Å²) in [6, 6.07) is 15.8. The average molecular weight is 391 g/mol. The molecular weight excluding hydrogens is 360 g/mol. The maximum Gasteiger partial charge on any atom is 0.235 e. The largest absolute Gasteiger partial charge is 0.491 e. The van der Waals surface area contributed by atoms with E-state index in [2.05, 4.69) is 43.4 Å². The van der Waals surface area contributed by atoms with Crippen molar-refractivity contribution >= 4 is 11.6 Å². The summed E-state index contributed by atoms with van der Waals surface area (Å²) in [4.78, 5) is 13.5. The first-order chi connectivity index (χ1) is 14.0. The molecule has 152 valence electrons. The van der Waals surface area contributed by atoms with Crippen molar-refractivity contribution in [2.24, 2.45) is 0 Å². The number of amides is 1. The second-order valence-electron chi connectivity index (χ2n) is 8.12. The van der Waals surface area contributed by atoms with Gasteiger partial charge in [-0.05, 0) is 50.8 Å². The summed E-state index contributed by atoms with van der Waals surface area (Å²) in [6.07, 6.45) is 5.86. The molecule has 0 aromatic heterocycles. The molecule has 4 nitrogen and oxygen atoms in total. The standard InChI is InChI=1S/C25H30N2O2/c1-4-19(3)29-22-11-12-23(20(16-22)17-26)27-24(28)25(13-6-5-7-14-25)21-10-8-9-18(2)15-21/h8-12,15-16,19H,4-7,13-14H2,1-3H3,(H,27,28). The Morgan fingerprint density at radius 1 is 1.21 bits per heavy atom. The van der Waals surface area contributed by atoms with Crippen molar-refractivity contribution in [3.63, 3.8) is 0 Å². The third-order valence-corrected chi connectivity index (χ3v) is 5.98. The Kier molecular flexibility index (Phi) is 6.59. The number of benzene rings is 2. The van der Waals surface area contributed by atoms with Crippen molar-refractivity contribution in [1.82, 2.24) is 0 Å². The van der Waals surface area contributed by atoms with Gasteiger partial charge in [0.05, 0.1) is 22.8 Å². The van der Waals surface area contributed by atoms with Gasteiger partial charge in [0.2, 0.25) is 5.91 Å². The predicted octanol–water partition coefficient (Wildman–Crippen LogP) is 5.88. The molecule has 1 fully saturated rings. The lowest BCUT2D eigenvalue weighted by Gasteiger charge is -2.36. The summed E-state index contributed by atoms with van der Waals surface area (Å²) < 4.78 is 5.82. The van der Waals surface area contributed by atoms with Crippen LogP contribution < -0.4 is 10.1 Å². The first-order valence-electron chi connectivity index (χ1n) is 10.6. The van der Waals surface area contributed by atoms with Crippen LogP contribution in [0, 0.1) is 18.3 Å². The molecule has 0 spiro atoms. The second kappa shape index (κ2) is 9.13. The van der Waals surface area contributed by atoms with Crippen LogP contribution in [0.3, 0.4) is 0 Å². The molecule has 0 heterocycles. The molecule has 3 rings (SSSR count). The number of nitriles is 1. The molecule has 1 amide bonds. The van der Waals surface area contributed by atoms with Crippen LogP contribution in [0.15, 0.2) is 42.5 Å². The molecule has 1 aliphatic carbocycles. The van der Waals surface area contributed by atoms with Crippen molar-refractivity contribution in [3.8, 4) is 11.8 Å². The Hall–Kier alpha value is -2.80. The van der Waals surface area contributed by atoms with Gasteiger partial charge in [0.15, 0.2) is 0 Å². The van der Waals surface area contributed by atoms with Crippen molar-refractivity contribution in [2.75, 3.05) is 5.32 Å². The van der Waals surface area contributed by atoms with Crippen LogP contribution in [0.25, 0.3) is 0 Å². The molecule has 0 aliphatic heterocycles. The minimum atomic E-state index is -0.539. The van der Waals surface area contributed by atoms with E-state index in [0.29, 0.717) is 17.0 Å². The van der Waals surface area contributed by atoms with Crippen molar-refractivity contribution in [2.45, 2.75) is 70.8 Å². The molecule has 1 N–H and O–H groups in total. The minimum absolute atomic E-state index is 0.0186. The molecule has 4 heteroatoms. The first kappa shape index (κ1) is 20.9. The van der Waals surface area contributed by atoms with E-state index in [1.807, 2.05) is 19.1 Å². The van der Waals surface area contributed by atoms with Gasteiger partial charge in [0, 0.05) is 6.07 Å². The fraction of sp³-hybridized carbons (Fsp3) is 0.440. The van der Waals surface area contributed by atoms with Crippen LogP contribution in [0.5, 0.6) is 5.75 Å². The number of aryl methyl sites for hydroxylation is 1. The van der Waals surface area contributed by atoms with E-state index in [0.717, 1.165) is 49.7 Å². The molecule has 2 aromatic carbocycles. The maximum absolute atomic E-state index is 13.5. The van der Waals surface area contributed by atoms with E-state index in [-0.39, 0.29) is 12.0 Å². The number of ether oxygens (including phenoxy) is 1. The Bertz CT molecular complexity index is 907. The topological polar surface area (TPSA) is 62.1 Å². The Morgan fingerprint density at radius 3 is 2.62 bits per heavy atom. The summed E-state index contributed by atoms with van der Waals surface area (Å²) >= 11 is 0. The third kappa shape index (κ3) is 4.62. The zero-order valence-electron chi connectivity index (χ0n) is 17.6. The van der Waals surface area contributed by atoms with E-state index < -0.39 is 5.41 Å². The number of carbonyl (C=O) groups is 1. The summed E-state index contributed by atoms with van der Waals surface area (Å²) in [5.74, 6) is 0.634. The molecule has 1 unspecified atom stereocenters. The fourth-order valence-corrected chi connectivity index (χ4v) is 4.10. The van der Waals surface area contributed by atoms with Gasteiger partial charge in [0.1, 0.15) is 11.8 Å². The smallest absolute Gasteiger partial charge is 0.235 e. The zero-order valence-corrected chi connectivity index (χ0v) is 17.6. The van der Waals surface area contributed by atoms with E-state index in [4.69, 9.17) is 4.74 Å². The number of hydrogen-bond donors (Lipinski definition) is 1. The monoisotopic (exact) mass is 390 g/mol. The molecule has 2 aromatic rings. The van der Waals surface area contributed by atoms with Gasteiger partial charge in [-0.1, -0.05) is 56.0 Å². The fourth-order valence-electron chi connectivity index (χ4n) is 4.10. The summed E-state index contributed by atoms with van der Waals surface area (Å²) in [6.45, 7) is 6.11. The van der Waals surface area contributed by atoms with E-state index >= 15 is 0 Å². The maximum atomic E-state index is 13.5. The van der Waals surface area contributed by atoms with Gasteiger partial charge in [0.25, 0.3) is 0 Å². The number of nitrogens with one attached hydrogen (secondary N) is 1. The van der Waals surface area contributed by atoms with Gasteiger partial charge in [-0.25, -0.2) is 0 Å². The summed E-state index contributed by atoms with van der Waals surface area (Å²) in [7, 11) is 0. The third-order valence-electron chi connectivity index (χ3n) is 5.98. The van der Waals surface area contributed by atoms with Gasteiger partial charge >= 0.3 is 0 Å². The van der Waals surface area contributed by atoms with E-state index in [9.17, 15) is 10.1 Å². The number of anilines is 1. The van der Waals surface area contributed by atoms with Gasteiger partial charge < -0.3 is 10.1 Å². The highest BCUT2D eigenvalue weighted by atomic mass is 16.5. The molecule has 1 atom stereocenters. The quantitative estimate of drug-likeness (QED) is 0.669. The normalized spacial score (nSPS) is 16.5. The SMILES string of the molecule is CCC(C)Oc1ccc(NC(=O)C2(c3cccc(C)c3)CCCCC2)c(C#N)c1. The molecule has 29 heavy (non-hydrogen) atoms. The van der Waals surface area contributed by atoms with Gasteiger partial charge in [-0.3, -0.25) is 4.79 Å². The van der Waals surface area contributed by atoms with Gasteiger partial charge in [-0.2, -0.15) is 5.26 Å². The minimum Gasteiger partial charge on any atom is -0.491 e. The van der Waals surface area contributed by atoms with Crippen LogP contribution >= 0.6 is 0 Å². The highest BCUT2D eigenvalue weighted by Crippen LogP contribution is 2.41. The first-order valence-corrected chi connectivity index (χ1v) is 10.6. The number of hydrogen-bond acceptors (Lipinski definition) is 3. The van der Waals surface area contributed by atoms with Crippen molar-refractivity contribution in [1.29, 1.82) is 5.26 Å². The van der Waals surface area contributed by atoms with Crippen LogP contribution in [-0.4, -0.2) is 12.0 Å². The van der Waals surface area contributed by atoms with Crippen LogP contribution in [-0.2, 0) is 10.2 Å². The number of rotatable bonds is 6.